The second-order valence-corrected chi connectivity index (χ2v) is 4.29. The summed E-state index contributed by atoms with van der Waals surface area (Å²) in [4.78, 5) is 23.5. The number of nitrogens with one attached hydrogen (secondary N) is 1. The number of hydrogen-bond donors (Lipinski definition) is 2. The van der Waals surface area contributed by atoms with Crippen LogP contribution >= 0.6 is 0 Å². The van der Waals surface area contributed by atoms with Crippen LogP contribution in [-0.4, -0.2) is 42.1 Å². The summed E-state index contributed by atoms with van der Waals surface area (Å²) in [5, 5.41) is 11.3. The minimum absolute atomic E-state index is 0.101. The van der Waals surface area contributed by atoms with Crippen LogP contribution in [-0.2, 0) is 4.79 Å². The van der Waals surface area contributed by atoms with Crippen LogP contribution in [0.15, 0.2) is 0 Å². The van der Waals surface area contributed by atoms with Gasteiger partial charge in [0.2, 0.25) is 0 Å². The number of hydrogen-bond acceptors (Lipinski definition) is 2. The third kappa shape index (κ3) is 7.60. The predicted octanol–water partition coefficient (Wildman–Crippen LogP) is 1.93. The molecule has 0 saturated carbocycles. The molecule has 2 N–H and O–H groups in total. The van der Waals surface area contributed by atoms with Crippen molar-refractivity contribution in [3.63, 3.8) is 0 Å². The van der Waals surface area contributed by atoms with Gasteiger partial charge < -0.3 is 15.3 Å². The van der Waals surface area contributed by atoms with Crippen LogP contribution in [0.5, 0.6) is 0 Å². The van der Waals surface area contributed by atoms with Crippen molar-refractivity contribution in [2.24, 2.45) is 5.92 Å². The first-order chi connectivity index (χ1) is 8.01. The van der Waals surface area contributed by atoms with E-state index in [2.05, 4.69) is 19.2 Å². The Morgan fingerprint density at radius 3 is 2.35 bits per heavy atom. The van der Waals surface area contributed by atoms with E-state index in [0.717, 1.165) is 12.8 Å². The van der Waals surface area contributed by atoms with Crippen LogP contribution < -0.4 is 5.32 Å². The highest BCUT2D eigenvalue weighted by atomic mass is 16.4. The second-order valence-electron chi connectivity index (χ2n) is 4.29. The van der Waals surface area contributed by atoms with Crippen molar-refractivity contribution in [1.82, 2.24) is 10.2 Å². The number of amides is 2. The summed E-state index contributed by atoms with van der Waals surface area (Å²) in [5.41, 5.74) is 0. The molecule has 0 heterocycles. The molecule has 0 aromatic heterocycles. The number of carboxylic acids is 1. The van der Waals surface area contributed by atoms with Gasteiger partial charge in [-0.2, -0.15) is 0 Å². The van der Waals surface area contributed by atoms with Gasteiger partial charge in [0.05, 0.1) is 0 Å². The van der Waals surface area contributed by atoms with E-state index in [1.54, 1.807) is 7.05 Å². The Labute approximate surface area is 103 Å². The van der Waals surface area contributed by atoms with Crippen LogP contribution in [0, 0.1) is 5.92 Å². The molecule has 0 saturated heterocycles. The van der Waals surface area contributed by atoms with Gasteiger partial charge in [-0.1, -0.05) is 26.7 Å². The molecule has 0 fully saturated rings. The van der Waals surface area contributed by atoms with Gasteiger partial charge in [-0.3, -0.25) is 4.79 Å². The Kier molecular flexibility index (Phi) is 8.19. The summed E-state index contributed by atoms with van der Waals surface area (Å²) in [6, 6.07) is -0.123. The third-order valence-corrected chi connectivity index (χ3v) is 2.93. The molecule has 0 aliphatic rings. The standard InChI is InChI=1S/C12H24N2O3/c1-4-10(5-2)9-13-12(17)14(3)8-6-7-11(15)16/h10H,4-9H2,1-3H3,(H,13,17)(H,15,16). The van der Waals surface area contributed by atoms with E-state index < -0.39 is 5.97 Å². The Bertz CT molecular complexity index is 240. The lowest BCUT2D eigenvalue weighted by Gasteiger charge is -2.20. The lowest BCUT2D eigenvalue weighted by Crippen LogP contribution is -2.40. The smallest absolute Gasteiger partial charge is 0.317 e. The SMILES string of the molecule is CCC(CC)CNC(=O)N(C)CCCC(=O)O. The number of nitrogens with zero attached hydrogens (tertiary/aromatic N) is 1. The molecule has 17 heavy (non-hydrogen) atoms. The maximum Gasteiger partial charge on any atom is 0.317 e. The van der Waals surface area contributed by atoms with Crippen LogP contribution in [0.1, 0.15) is 39.5 Å². The van der Waals surface area contributed by atoms with E-state index in [1.807, 2.05) is 0 Å². The van der Waals surface area contributed by atoms with E-state index >= 15 is 0 Å². The van der Waals surface area contributed by atoms with Crippen molar-refractivity contribution in [3.05, 3.63) is 0 Å². The molecule has 0 aliphatic carbocycles. The molecule has 5 nitrogen and oxygen atoms in total. The fourth-order valence-electron chi connectivity index (χ4n) is 1.51. The highest BCUT2D eigenvalue weighted by Gasteiger charge is 2.10. The average molecular weight is 244 g/mol. The number of carboxylic acid groups (broad SMARTS) is 1. The van der Waals surface area contributed by atoms with Crippen LogP contribution in [0.4, 0.5) is 4.79 Å². The maximum absolute atomic E-state index is 11.6. The molecule has 0 spiro atoms. The van der Waals surface area contributed by atoms with Crippen molar-refractivity contribution in [1.29, 1.82) is 0 Å². The highest BCUT2D eigenvalue weighted by Crippen LogP contribution is 2.05. The zero-order valence-electron chi connectivity index (χ0n) is 11.0. The second kappa shape index (κ2) is 8.84. The summed E-state index contributed by atoms with van der Waals surface area (Å²) in [5.74, 6) is -0.304. The fourth-order valence-corrected chi connectivity index (χ4v) is 1.51. The van der Waals surface area contributed by atoms with Crippen LogP contribution in [0.25, 0.3) is 0 Å². The van der Waals surface area contributed by atoms with Crippen LogP contribution in [0.2, 0.25) is 0 Å². The fraction of sp³-hybridized carbons (Fsp3) is 0.833. The zero-order chi connectivity index (χ0) is 13.3. The monoisotopic (exact) mass is 244 g/mol. The summed E-state index contributed by atoms with van der Waals surface area (Å²) < 4.78 is 0. The van der Waals surface area contributed by atoms with Gasteiger partial charge in [-0.05, 0) is 12.3 Å². The first-order valence-corrected chi connectivity index (χ1v) is 6.21. The van der Waals surface area contributed by atoms with E-state index in [1.165, 1.54) is 4.90 Å². The molecule has 5 heteroatoms. The van der Waals surface area contributed by atoms with Gasteiger partial charge in [0.1, 0.15) is 0 Å². The first kappa shape index (κ1) is 15.7. The van der Waals surface area contributed by atoms with Crippen molar-refractivity contribution in [2.45, 2.75) is 39.5 Å². The van der Waals surface area contributed by atoms with E-state index in [4.69, 9.17) is 5.11 Å². The highest BCUT2D eigenvalue weighted by molar-refractivity contribution is 5.73. The van der Waals surface area contributed by atoms with Gasteiger partial charge in [-0.25, -0.2) is 4.79 Å². The molecule has 0 atom stereocenters. The Balaban J connectivity index is 3.77. The number of rotatable bonds is 8. The third-order valence-electron chi connectivity index (χ3n) is 2.93. The van der Waals surface area contributed by atoms with Gasteiger partial charge in [0.15, 0.2) is 0 Å². The summed E-state index contributed by atoms with van der Waals surface area (Å²) in [6.07, 6.45) is 2.70. The molecule has 0 radical (unpaired) electrons. The van der Waals surface area contributed by atoms with Gasteiger partial charge in [-0.15, -0.1) is 0 Å². The summed E-state index contributed by atoms with van der Waals surface area (Å²) in [7, 11) is 1.68. The topological polar surface area (TPSA) is 69.6 Å². The molecule has 2 amide bonds. The Morgan fingerprint density at radius 1 is 1.29 bits per heavy atom. The van der Waals surface area contributed by atoms with E-state index in [9.17, 15) is 9.59 Å². The average Bonchev–Trinajstić information content (AvgIpc) is 2.29. The lowest BCUT2D eigenvalue weighted by atomic mass is 10.0. The molecular formula is C12H24N2O3. The minimum Gasteiger partial charge on any atom is -0.481 e. The van der Waals surface area contributed by atoms with Crippen LogP contribution in [0.3, 0.4) is 0 Å². The molecule has 0 rings (SSSR count). The Morgan fingerprint density at radius 2 is 1.88 bits per heavy atom. The van der Waals surface area contributed by atoms with Gasteiger partial charge >= 0.3 is 12.0 Å². The molecule has 0 bridgehead atoms. The molecule has 0 aliphatic heterocycles. The molecule has 0 aromatic carbocycles. The lowest BCUT2D eigenvalue weighted by molar-refractivity contribution is -0.137. The van der Waals surface area contributed by atoms with Crippen molar-refractivity contribution in [3.8, 4) is 0 Å². The first-order valence-electron chi connectivity index (χ1n) is 6.21. The van der Waals surface area contributed by atoms with E-state index in [0.29, 0.717) is 25.4 Å². The number of urea groups is 1. The number of carbonyl (C=O) groups excluding carboxylic acids is 1. The minimum atomic E-state index is -0.823. The van der Waals surface area contributed by atoms with Crippen molar-refractivity contribution in [2.75, 3.05) is 20.1 Å². The molecule has 0 aromatic rings. The predicted molar refractivity (Wildman–Crippen MR) is 67.0 cm³/mol. The zero-order valence-corrected chi connectivity index (χ0v) is 11.0. The van der Waals surface area contributed by atoms with Gasteiger partial charge in [0, 0.05) is 26.6 Å². The summed E-state index contributed by atoms with van der Waals surface area (Å²) in [6.45, 7) is 5.38. The Hall–Kier alpha value is -1.26. The van der Waals surface area contributed by atoms with Gasteiger partial charge in [0.25, 0.3) is 0 Å². The van der Waals surface area contributed by atoms with Crippen molar-refractivity contribution < 1.29 is 14.7 Å². The molecule has 100 valence electrons. The quantitative estimate of drug-likeness (QED) is 0.685. The maximum atomic E-state index is 11.6. The number of aliphatic carboxylic acids is 1. The van der Waals surface area contributed by atoms with Crippen molar-refractivity contribution >= 4 is 12.0 Å². The number of carbonyl (C=O) groups is 2. The largest absolute Gasteiger partial charge is 0.481 e. The molecule has 0 unspecified atom stereocenters. The summed E-state index contributed by atoms with van der Waals surface area (Å²) >= 11 is 0. The molecular weight excluding hydrogens is 220 g/mol. The normalized spacial score (nSPS) is 10.4. The van der Waals surface area contributed by atoms with E-state index in [-0.39, 0.29) is 12.5 Å².